The lowest BCUT2D eigenvalue weighted by molar-refractivity contribution is 0.0947. The van der Waals surface area contributed by atoms with Gasteiger partial charge in [-0.25, -0.2) is 9.97 Å². The zero-order valence-electron chi connectivity index (χ0n) is 10.8. The van der Waals surface area contributed by atoms with Crippen LogP contribution in [0.2, 0.25) is 0 Å². The van der Waals surface area contributed by atoms with E-state index in [4.69, 9.17) is 0 Å². The average molecular weight is 257 g/mol. The maximum Gasteiger partial charge on any atom is 0.255 e. The molecular weight excluding hydrogens is 242 g/mol. The fourth-order valence-corrected chi connectivity index (χ4v) is 1.70. The predicted molar refractivity (Wildman–Crippen MR) is 70.8 cm³/mol. The maximum absolute atomic E-state index is 12.0. The number of carbonyl (C=O) groups excluding carboxylic acids is 1. The van der Waals surface area contributed by atoms with Crippen molar-refractivity contribution >= 4 is 5.91 Å². The number of hydrogen-bond donors (Lipinski definition) is 2. The first-order chi connectivity index (χ1) is 9.06. The molecule has 0 aliphatic carbocycles. The van der Waals surface area contributed by atoms with E-state index in [1.807, 2.05) is 6.92 Å². The Morgan fingerprint density at radius 1 is 1.32 bits per heavy atom. The molecule has 0 saturated heterocycles. The van der Waals surface area contributed by atoms with Gasteiger partial charge >= 0.3 is 0 Å². The predicted octanol–water partition coefficient (Wildman–Crippen LogP) is 1.73. The van der Waals surface area contributed by atoms with Crippen molar-refractivity contribution in [3.63, 3.8) is 0 Å². The lowest BCUT2D eigenvalue weighted by Gasteiger charge is -2.07. The largest absolute Gasteiger partial charge is 0.507 e. The van der Waals surface area contributed by atoms with E-state index in [0.717, 1.165) is 11.3 Å². The molecule has 98 valence electrons. The number of carbonyl (C=O) groups is 1. The number of nitrogens with one attached hydrogen (secondary N) is 1. The summed E-state index contributed by atoms with van der Waals surface area (Å²) < 4.78 is 0. The lowest BCUT2D eigenvalue weighted by Crippen LogP contribution is -2.23. The first-order valence-corrected chi connectivity index (χ1v) is 5.92. The van der Waals surface area contributed by atoms with Crippen LogP contribution in [-0.4, -0.2) is 21.0 Å². The highest BCUT2D eigenvalue weighted by Crippen LogP contribution is 2.17. The van der Waals surface area contributed by atoms with E-state index < -0.39 is 0 Å². The molecular formula is C14H15N3O2. The number of phenolic OH excluding ortho intramolecular Hbond substituents is 1. The number of nitrogens with zero attached hydrogens (tertiary/aromatic N) is 2. The van der Waals surface area contributed by atoms with Crippen LogP contribution in [0, 0.1) is 13.8 Å². The van der Waals surface area contributed by atoms with Crippen LogP contribution in [0.1, 0.15) is 27.4 Å². The Labute approximate surface area is 111 Å². The highest BCUT2D eigenvalue weighted by Gasteiger charge is 2.11. The second-order valence-electron chi connectivity index (χ2n) is 4.30. The molecule has 0 atom stereocenters. The second-order valence-corrected chi connectivity index (χ2v) is 4.30. The number of amides is 1. The van der Waals surface area contributed by atoms with Crippen molar-refractivity contribution in [1.29, 1.82) is 0 Å². The minimum Gasteiger partial charge on any atom is -0.507 e. The Hall–Kier alpha value is -2.43. The van der Waals surface area contributed by atoms with Gasteiger partial charge in [0, 0.05) is 6.20 Å². The SMILES string of the molecule is Cc1ccc(O)c(C(=O)NCc2ccnc(C)n2)c1. The quantitative estimate of drug-likeness (QED) is 0.878. The molecule has 0 fully saturated rings. The van der Waals surface area contributed by atoms with Gasteiger partial charge in [0.05, 0.1) is 17.8 Å². The molecule has 0 spiro atoms. The number of aromatic hydroxyl groups is 1. The molecule has 0 bridgehead atoms. The van der Waals surface area contributed by atoms with Crippen LogP contribution in [0.5, 0.6) is 5.75 Å². The molecule has 2 rings (SSSR count). The number of aromatic nitrogens is 2. The fraction of sp³-hybridized carbons (Fsp3) is 0.214. The van der Waals surface area contributed by atoms with Gasteiger partial charge in [-0.3, -0.25) is 4.79 Å². The van der Waals surface area contributed by atoms with Crippen LogP contribution in [0.4, 0.5) is 0 Å². The zero-order valence-corrected chi connectivity index (χ0v) is 10.8. The normalized spacial score (nSPS) is 10.2. The molecule has 5 heteroatoms. The van der Waals surface area contributed by atoms with Gasteiger partial charge < -0.3 is 10.4 Å². The smallest absolute Gasteiger partial charge is 0.255 e. The van der Waals surface area contributed by atoms with Gasteiger partial charge in [0.2, 0.25) is 0 Å². The van der Waals surface area contributed by atoms with Crippen molar-refractivity contribution in [2.24, 2.45) is 0 Å². The number of phenols is 1. The molecule has 2 N–H and O–H groups in total. The summed E-state index contributed by atoms with van der Waals surface area (Å²) in [7, 11) is 0. The Bertz CT molecular complexity index is 611. The molecule has 1 heterocycles. The lowest BCUT2D eigenvalue weighted by atomic mass is 10.1. The van der Waals surface area contributed by atoms with Gasteiger partial charge in [0.1, 0.15) is 11.6 Å². The molecule has 5 nitrogen and oxygen atoms in total. The molecule has 2 aromatic rings. The van der Waals surface area contributed by atoms with E-state index in [2.05, 4.69) is 15.3 Å². The summed E-state index contributed by atoms with van der Waals surface area (Å²) in [5.74, 6) is 0.310. The molecule has 1 amide bonds. The van der Waals surface area contributed by atoms with E-state index in [9.17, 15) is 9.90 Å². The monoisotopic (exact) mass is 257 g/mol. The van der Waals surface area contributed by atoms with Crippen LogP contribution in [0.3, 0.4) is 0 Å². The molecule has 0 aliphatic rings. The van der Waals surface area contributed by atoms with Gasteiger partial charge in [-0.15, -0.1) is 0 Å². The molecule has 1 aromatic heterocycles. The van der Waals surface area contributed by atoms with Crippen LogP contribution >= 0.6 is 0 Å². The van der Waals surface area contributed by atoms with Crippen LogP contribution in [-0.2, 0) is 6.54 Å². The van der Waals surface area contributed by atoms with Gasteiger partial charge in [-0.05, 0) is 32.0 Å². The molecule has 0 saturated carbocycles. The topological polar surface area (TPSA) is 75.1 Å². The van der Waals surface area contributed by atoms with Crippen LogP contribution in [0.25, 0.3) is 0 Å². The van der Waals surface area contributed by atoms with Crippen molar-refractivity contribution < 1.29 is 9.90 Å². The van der Waals surface area contributed by atoms with Gasteiger partial charge in [-0.2, -0.15) is 0 Å². The van der Waals surface area contributed by atoms with E-state index >= 15 is 0 Å². The fourth-order valence-electron chi connectivity index (χ4n) is 1.70. The molecule has 0 aliphatic heterocycles. The second kappa shape index (κ2) is 5.48. The first kappa shape index (κ1) is 13.0. The third-order valence-electron chi connectivity index (χ3n) is 2.66. The summed E-state index contributed by atoms with van der Waals surface area (Å²) in [5, 5.41) is 12.4. The zero-order chi connectivity index (χ0) is 13.8. The summed E-state index contributed by atoms with van der Waals surface area (Å²) in [6.45, 7) is 3.96. The summed E-state index contributed by atoms with van der Waals surface area (Å²) >= 11 is 0. The number of benzene rings is 1. The van der Waals surface area contributed by atoms with Crippen molar-refractivity contribution in [3.8, 4) is 5.75 Å². The molecule has 0 radical (unpaired) electrons. The number of hydrogen-bond acceptors (Lipinski definition) is 4. The van der Waals surface area contributed by atoms with Crippen molar-refractivity contribution in [1.82, 2.24) is 15.3 Å². The minimum absolute atomic E-state index is 0.0260. The molecule has 0 unspecified atom stereocenters. The van der Waals surface area contributed by atoms with Crippen LogP contribution in [0.15, 0.2) is 30.5 Å². The molecule has 1 aromatic carbocycles. The van der Waals surface area contributed by atoms with E-state index in [-0.39, 0.29) is 17.2 Å². The third kappa shape index (κ3) is 3.28. The summed E-state index contributed by atoms with van der Waals surface area (Å²) in [4.78, 5) is 20.1. The molecule has 19 heavy (non-hydrogen) atoms. The summed E-state index contributed by atoms with van der Waals surface area (Å²) in [6, 6.07) is 6.65. The van der Waals surface area contributed by atoms with Gasteiger partial charge in [0.15, 0.2) is 0 Å². The van der Waals surface area contributed by atoms with Crippen molar-refractivity contribution in [2.45, 2.75) is 20.4 Å². The van der Waals surface area contributed by atoms with Gasteiger partial charge in [-0.1, -0.05) is 11.6 Å². The standard InChI is InChI=1S/C14H15N3O2/c1-9-3-4-13(18)12(7-9)14(19)16-8-11-5-6-15-10(2)17-11/h3-7,18H,8H2,1-2H3,(H,16,19). The summed E-state index contributed by atoms with van der Waals surface area (Å²) in [5.41, 5.74) is 1.92. The summed E-state index contributed by atoms with van der Waals surface area (Å²) in [6.07, 6.45) is 1.65. The highest BCUT2D eigenvalue weighted by molar-refractivity contribution is 5.96. The average Bonchev–Trinajstić information content (AvgIpc) is 2.39. The van der Waals surface area contributed by atoms with Crippen molar-refractivity contribution in [2.75, 3.05) is 0 Å². The number of rotatable bonds is 3. The minimum atomic E-state index is -0.322. The van der Waals surface area contributed by atoms with E-state index in [0.29, 0.717) is 12.4 Å². The Balaban J connectivity index is 2.07. The van der Waals surface area contributed by atoms with Gasteiger partial charge in [0.25, 0.3) is 5.91 Å². The maximum atomic E-state index is 12.0. The first-order valence-electron chi connectivity index (χ1n) is 5.92. The number of aryl methyl sites for hydroxylation is 2. The Morgan fingerprint density at radius 2 is 2.11 bits per heavy atom. The van der Waals surface area contributed by atoms with Crippen LogP contribution < -0.4 is 5.32 Å². The van der Waals surface area contributed by atoms with Crippen molar-refractivity contribution in [3.05, 3.63) is 53.1 Å². The van der Waals surface area contributed by atoms with E-state index in [1.54, 1.807) is 31.3 Å². The highest BCUT2D eigenvalue weighted by atomic mass is 16.3. The Morgan fingerprint density at radius 3 is 2.84 bits per heavy atom. The Kier molecular flexibility index (Phi) is 3.75. The van der Waals surface area contributed by atoms with E-state index in [1.165, 1.54) is 6.07 Å². The third-order valence-corrected chi connectivity index (χ3v) is 2.66.